The number of hydrogen-bond donors (Lipinski definition) is 1. The molecule has 1 nitrogen and oxygen atoms in total. The van der Waals surface area contributed by atoms with Crippen molar-refractivity contribution in [2.45, 2.75) is 0 Å². The molecular weight excluding hydrogens is 345 g/mol. The Balaban J connectivity index is 0.000000720. The van der Waals surface area contributed by atoms with Crippen molar-refractivity contribution in [2.75, 3.05) is 0 Å². The van der Waals surface area contributed by atoms with Crippen molar-refractivity contribution in [3.8, 4) is 5.75 Å². The summed E-state index contributed by atoms with van der Waals surface area (Å²) in [5.74, 6) is 0.323. The number of phenolic OH excluding ortho intramolecular Hbond substituents is 1. The van der Waals surface area contributed by atoms with E-state index in [9.17, 15) is 0 Å². The summed E-state index contributed by atoms with van der Waals surface area (Å²) in [7, 11) is 0. The van der Waals surface area contributed by atoms with Gasteiger partial charge in [0.15, 0.2) is 0 Å². The van der Waals surface area contributed by atoms with Gasteiger partial charge < -0.3 is 5.11 Å². The van der Waals surface area contributed by atoms with Crippen molar-refractivity contribution in [1.82, 2.24) is 0 Å². The standard InChI is InChI=1S/C10H8O.Bi.3H/c11-10-6-5-8-3-1-2-4-9(8)7-10;;;;/h1-7,11H;;;;. The minimum atomic E-state index is 0. The Morgan fingerprint density at radius 3 is 2.25 bits per heavy atom. The van der Waals surface area contributed by atoms with E-state index in [0.717, 1.165) is 10.8 Å². The first-order chi connectivity index (χ1) is 5.36. The van der Waals surface area contributed by atoms with E-state index in [0.29, 0.717) is 5.75 Å². The molecule has 2 heteroatoms. The van der Waals surface area contributed by atoms with E-state index < -0.39 is 0 Å². The molecule has 0 aliphatic rings. The Kier molecular flexibility index (Phi) is 3.05. The molecule has 12 heavy (non-hydrogen) atoms. The molecule has 2 aromatic carbocycles. The monoisotopic (exact) mass is 356 g/mol. The molecule has 0 aliphatic carbocycles. The maximum absolute atomic E-state index is 9.13. The van der Waals surface area contributed by atoms with Crippen molar-refractivity contribution in [1.29, 1.82) is 0 Å². The van der Waals surface area contributed by atoms with Crippen molar-refractivity contribution < 1.29 is 5.11 Å². The molecule has 0 atom stereocenters. The van der Waals surface area contributed by atoms with Crippen molar-refractivity contribution >= 4 is 37.0 Å². The normalized spacial score (nSPS) is 9.33. The molecule has 0 bridgehead atoms. The molecule has 62 valence electrons. The quantitative estimate of drug-likeness (QED) is 0.707. The van der Waals surface area contributed by atoms with Crippen LogP contribution in [0.3, 0.4) is 0 Å². The van der Waals surface area contributed by atoms with Crippen molar-refractivity contribution in [3.63, 3.8) is 0 Å². The second kappa shape index (κ2) is 3.86. The Bertz CT molecular complexity index is 384. The van der Waals surface area contributed by atoms with E-state index in [1.165, 1.54) is 0 Å². The van der Waals surface area contributed by atoms with Gasteiger partial charge in [0.05, 0.1) is 0 Å². The molecule has 0 aliphatic heterocycles. The Morgan fingerprint density at radius 1 is 0.833 bits per heavy atom. The summed E-state index contributed by atoms with van der Waals surface area (Å²) in [5.41, 5.74) is 0. The van der Waals surface area contributed by atoms with Gasteiger partial charge in [-0.1, -0.05) is 30.3 Å². The predicted octanol–water partition coefficient (Wildman–Crippen LogP) is 1.36. The summed E-state index contributed by atoms with van der Waals surface area (Å²) in [5, 5.41) is 11.4. The van der Waals surface area contributed by atoms with E-state index >= 15 is 0 Å². The number of aromatic hydroxyl groups is 1. The molecule has 0 unspecified atom stereocenters. The van der Waals surface area contributed by atoms with Crippen LogP contribution in [0.25, 0.3) is 10.8 Å². The van der Waals surface area contributed by atoms with E-state index in [1.807, 2.05) is 30.3 Å². The van der Waals surface area contributed by atoms with Crippen LogP contribution in [0.4, 0.5) is 0 Å². The Morgan fingerprint density at radius 2 is 1.50 bits per heavy atom. The van der Waals surface area contributed by atoms with E-state index in [2.05, 4.69) is 0 Å². The molecule has 0 radical (unpaired) electrons. The Hall–Kier alpha value is -0.617. The number of rotatable bonds is 0. The number of benzene rings is 2. The molecule has 0 fully saturated rings. The van der Waals surface area contributed by atoms with Gasteiger partial charge in [-0.3, -0.25) is 0 Å². The van der Waals surface area contributed by atoms with Gasteiger partial charge in [0.1, 0.15) is 5.75 Å². The van der Waals surface area contributed by atoms with Crippen LogP contribution in [0, 0.1) is 0 Å². The molecule has 2 rings (SSSR count). The molecule has 2 aromatic rings. The molecular formula is C10H11BiO. The Labute approximate surface area is 90.2 Å². The summed E-state index contributed by atoms with van der Waals surface area (Å²) in [6.45, 7) is 0. The summed E-state index contributed by atoms with van der Waals surface area (Å²) in [4.78, 5) is 0. The molecule has 0 heterocycles. The van der Waals surface area contributed by atoms with E-state index in [1.54, 1.807) is 12.1 Å². The first-order valence-electron chi connectivity index (χ1n) is 3.54. The summed E-state index contributed by atoms with van der Waals surface area (Å²) in [6, 6.07) is 13.3. The molecule has 1 N–H and O–H groups in total. The van der Waals surface area contributed by atoms with Crippen LogP contribution in [0.2, 0.25) is 0 Å². The zero-order valence-corrected chi connectivity index (χ0v) is 12.2. The van der Waals surface area contributed by atoms with Gasteiger partial charge in [0.25, 0.3) is 0 Å². The van der Waals surface area contributed by atoms with Gasteiger partial charge in [-0.25, -0.2) is 0 Å². The summed E-state index contributed by atoms with van der Waals surface area (Å²) >= 11 is 0. The molecule has 0 saturated heterocycles. The van der Waals surface area contributed by atoms with Crippen LogP contribution >= 0.6 is 0 Å². The van der Waals surface area contributed by atoms with Gasteiger partial charge in [-0.05, 0) is 22.9 Å². The van der Waals surface area contributed by atoms with E-state index in [4.69, 9.17) is 5.11 Å². The third-order valence-corrected chi connectivity index (χ3v) is 1.73. The minimum absolute atomic E-state index is 0. The van der Waals surface area contributed by atoms with Gasteiger partial charge in [0, 0.05) is 0 Å². The molecule has 0 amide bonds. The third-order valence-electron chi connectivity index (χ3n) is 1.73. The van der Waals surface area contributed by atoms with Crippen LogP contribution in [0.1, 0.15) is 0 Å². The van der Waals surface area contributed by atoms with Crippen molar-refractivity contribution in [2.24, 2.45) is 0 Å². The van der Waals surface area contributed by atoms with Gasteiger partial charge in [-0.2, -0.15) is 0 Å². The van der Waals surface area contributed by atoms with Crippen LogP contribution in [0.5, 0.6) is 5.75 Å². The second-order valence-electron chi connectivity index (χ2n) is 2.53. The summed E-state index contributed by atoms with van der Waals surface area (Å²) < 4.78 is 0. The average Bonchev–Trinajstić information content (AvgIpc) is 2.04. The SMILES string of the molecule is Oc1ccc2ccccc2c1.[BiH3]. The maximum atomic E-state index is 9.13. The average molecular weight is 356 g/mol. The van der Waals surface area contributed by atoms with Crippen molar-refractivity contribution in [3.05, 3.63) is 42.5 Å². The molecule has 0 spiro atoms. The van der Waals surface area contributed by atoms with Crippen LogP contribution in [0.15, 0.2) is 42.5 Å². The van der Waals surface area contributed by atoms with Gasteiger partial charge in [-0.15, -0.1) is 0 Å². The zero-order valence-electron chi connectivity index (χ0n) is 6.70. The van der Waals surface area contributed by atoms with Crippen LogP contribution in [-0.2, 0) is 0 Å². The number of fused-ring (bicyclic) bond motifs is 1. The second-order valence-corrected chi connectivity index (χ2v) is 2.53. The summed E-state index contributed by atoms with van der Waals surface area (Å²) in [6.07, 6.45) is 0. The number of hydrogen-bond acceptors (Lipinski definition) is 1. The first-order valence-corrected chi connectivity index (χ1v) is 3.54. The van der Waals surface area contributed by atoms with Crippen LogP contribution in [-0.4, -0.2) is 31.3 Å². The van der Waals surface area contributed by atoms with Gasteiger partial charge >= 0.3 is 26.2 Å². The zero-order chi connectivity index (χ0) is 7.68. The first kappa shape index (κ1) is 9.47. The van der Waals surface area contributed by atoms with Crippen LogP contribution < -0.4 is 0 Å². The fourth-order valence-corrected chi connectivity index (χ4v) is 1.18. The molecule has 0 saturated carbocycles. The third kappa shape index (κ3) is 1.76. The van der Waals surface area contributed by atoms with E-state index in [-0.39, 0.29) is 26.2 Å². The fourth-order valence-electron chi connectivity index (χ4n) is 1.18. The fraction of sp³-hybridized carbons (Fsp3) is 0. The number of phenols is 1. The van der Waals surface area contributed by atoms with Gasteiger partial charge in [0.2, 0.25) is 0 Å². The molecule has 0 aromatic heterocycles. The topological polar surface area (TPSA) is 20.2 Å². The predicted molar refractivity (Wildman–Crippen MR) is 55.6 cm³/mol.